The van der Waals surface area contributed by atoms with Crippen LogP contribution in [-0.4, -0.2) is 61.8 Å². The van der Waals surface area contributed by atoms with Crippen molar-refractivity contribution in [1.29, 1.82) is 0 Å². The Morgan fingerprint density at radius 2 is 2.07 bits per heavy atom. The normalized spacial score (nSPS) is 15.4. The Labute approximate surface area is 170 Å². The van der Waals surface area contributed by atoms with Crippen LogP contribution in [0.3, 0.4) is 0 Å². The Morgan fingerprint density at radius 3 is 2.75 bits per heavy atom. The second-order valence-electron chi connectivity index (χ2n) is 6.46. The molecule has 0 aromatic carbocycles. The van der Waals surface area contributed by atoms with Gasteiger partial charge in [-0.2, -0.15) is 0 Å². The summed E-state index contributed by atoms with van der Waals surface area (Å²) in [5.41, 5.74) is 6.61. The number of anilines is 2. The molecule has 150 valence electrons. The molecule has 1 aliphatic heterocycles. The van der Waals surface area contributed by atoms with Gasteiger partial charge in [-0.3, -0.25) is 5.32 Å². The zero-order valence-electron chi connectivity index (χ0n) is 15.2. The van der Waals surface area contributed by atoms with Crippen LogP contribution in [-0.2, 0) is 21.1 Å². The van der Waals surface area contributed by atoms with Crippen LogP contribution in [0, 0.1) is 0 Å². The van der Waals surface area contributed by atoms with Crippen molar-refractivity contribution in [3.8, 4) is 10.7 Å². The molecule has 4 heterocycles. The molecule has 1 fully saturated rings. The van der Waals surface area contributed by atoms with Crippen molar-refractivity contribution in [2.45, 2.75) is 6.54 Å². The number of nitrogens with zero attached hydrogens (tertiary/aromatic N) is 4. The first-order valence-corrected chi connectivity index (χ1v) is 12.3. The molecular formula is C16H20N6O3S3. The van der Waals surface area contributed by atoms with E-state index in [-0.39, 0.29) is 5.88 Å². The Hall–Kier alpha value is -1.86. The van der Waals surface area contributed by atoms with Crippen molar-refractivity contribution in [3.05, 3.63) is 17.1 Å². The van der Waals surface area contributed by atoms with Crippen LogP contribution in [0.25, 0.3) is 20.9 Å². The first-order chi connectivity index (χ1) is 13.4. The maximum absolute atomic E-state index is 11.3. The largest absolute Gasteiger partial charge is 0.378 e. The van der Waals surface area contributed by atoms with E-state index in [2.05, 4.69) is 15.2 Å². The number of nitrogen functional groups attached to an aromatic ring is 1. The highest BCUT2D eigenvalue weighted by Crippen LogP contribution is 2.35. The van der Waals surface area contributed by atoms with Crippen LogP contribution in [0.15, 0.2) is 12.3 Å². The van der Waals surface area contributed by atoms with Gasteiger partial charge < -0.3 is 15.4 Å². The van der Waals surface area contributed by atoms with Crippen molar-refractivity contribution in [1.82, 2.24) is 20.3 Å². The summed E-state index contributed by atoms with van der Waals surface area (Å²) in [7, 11) is -3.06. The summed E-state index contributed by atoms with van der Waals surface area (Å²) in [6, 6.07) is 1.98. The second-order valence-corrected chi connectivity index (χ2v) is 10.8. The molecule has 0 amide bonds. The average molecular weight is 441 g/mol. The molecule has 3 N–H and O–H groups in total. The molecule has 0 atom stereocenters. The summed E-state index contributed by atoms with van der Waals surface area (Å²) in [4.78, 5) is 17.6. The number of hydrogen-bond acceptors (Lipinski definition) is 11. The smallest absolute Gasteiger partial charge is 0.180 e. The van der Waals surface area contributed by atoms with Crippen LogP contribution in [0.4, 0.5) is 10.9 Å². The highest BCUT2D eigenvalue weighted by Gasteiger charge is 2.21. The summed E-state index contributed by atoms with van der Waals surface area (Å²) >= 11 is 2.93. The summed E-state index contributed by atoms with van der Waals surface area (Å²) in [5.74, 6) is 1.40. The third-order valence-electron chi connectivity index (χ3n) is 4.12. The number of thiazole rings is 1. The van der Waals surface area contributed by atoms with E-state index in [9.17, 15) is 8.42 Å². The summed E-state index contributed by atoms with van der Waals surface area (Å²) in [5, 5.41) is 3.44. The van der Waals surface area contributed by atoms with Gasteiger partial charge in [0.25, 0.3) is 0 Å². The van der Waals surface area contributed by atoms with Gasteiger partial charge in [0.1, 0.15) is 0 Å². The van der Waals surface area contributed by atoms with Crippen LogP contribution in [0.1, 0.15) is 4.88 Å². The van der Waals surface area contributed by atoms with Gasteiger partial charge in [-0.1, -0.05) is 11.3 Å². The topological polar surface area (TPSA) is 123 Å². The molecule has 1 saturated heterocycles. The molecule has 0 spiro atoms. The Balaban J connectivity index is 1.72. The molecule has 12 heteroatoms. The Morgan fingerprint density at radius 1 is 1.29 bits per heavy atom. The van der Waals surface area contributed by atoms with Crippen LogP contribution < -0.4 is 16.0 Å². The Bertz CT molecular complexity index is 1090. The number of hydrogen-bond donors (Lipinski definition) is 2. The van der Waals surface area contributed by atoms with E-state index < -0.39 is 9.84 Å². The minimum Gasteiger partial charge on any atom is -0.378 e. The SMILES string of the molecule is CS(=O)(=O)CNCc1cc2nc(-c3cnc(N)s3)nc(N3CCOCC3)c2s1. The fourth-order valence-corrected chi connectivity index (χ4v) is 5.08. The van der Waals surface area contributed by atoms with E-state index in [1.165, 1.54) is 17.6 Å². The molecule has 0 bridgehead atoms. The Kier molecular flexibility index (Phi) is 5.47. The lowest BCUT2D eigenvalue weighted by molar-refractivity contribution is 0.122. The highest BCUT2D eigenvalue weighted by molar-refractivity contribution is 7.90. The first kappa shape index (κ1) is 19.5. The van der Waals surface area contributed by atoms with Crippen LogP contribution in [0.2, 0.25) is 0 Å². The van der Waals surface area contributed by atoms with Crippen molar-refractivity contribution in [3.63, 3.8) is 0 Å². The predicted octanol–water partition coefficient (Wildman–Crippen LogP) is 1.33. The zero-order chi connectivity index (χ0) is 19.7. The summed E-state index contributed by atoms with van der Waals surface area (Å²) in [6.45, 7) is 3.29. The molecule has 4 rings (SSSR count). The number of morpholine rings is 1. The van der Waals surface area contributed by atoms with E-state index in [0.29, 0.717) is 30.7 Å². The number of ether oxygens (including phenoxy) is 1. The fraction of sp³-hybridized carbons (Fsp3) is 0.438. The lowest BCUT2D eigenvalue weighted by Crippen LogP contribution is -2.36. The molecule has 0 saturated carbocycles. The average Bonchev–Trinajstić information content (AvgIpc) is 3.26. The summed E-state index contributed by atoms with van der Waals surface area (Å²) in [6.07, 6.45) is 2.89. The number of nitrogens with one attached hydrogen (secondary N) is 1. The van der Waals surface area contributed by atoms with Gasteiger partial charge in [0.05, 0.1) is 40.4 Å². The van der Waals surface area contributed by atoms with E-state index in [1.54, 1.807) is 17.5 Å². The highest BCUT2D eigenvalue weighted by atomic mass is 32.2. The lowest BCUT2D eigenvalue weighted by Gasteiger charge is -2.28. The molecule has 3 aromatic heterocycles. The quantitative estimate of drug-likeness (QED) is 0.584. The van der Waals surface area contributed by atoms with E-state index in [4.69, 9.17) is 20.4 Å². The van der Waals surface area contributed by atoms with Gasteiger partial charge in [-0.05, 0) is 6.07 Å². The van der Waals surface area contributed by atoms with Gasteiger partial charge in [-0.25, -0.2) is 23.4 Å². The minimum absolute atomic E-state index is 0.0609. The number of nitrogens with two attached hydrogens (primary N) is 1. The maximum atomic E-state index is 11.3. The minimum atomic E-state index is -3.06. The molecule has 0 aliphatic carbocycles. The predicted molar refractivity (Wildman–Crippen MR) is 113 cm³/mol. The number of fused-ring (bicyclic) bond motifs is 1. The summed E-state index contributed by atoms with van der Waals surface area (Å²) < 4.78 is 29.1. The monoisotopic (exact) mass is 440 g/mol. The number of rotatable bonds is 6. The van der Waals surface area contributed by atoms with E-state index in [1.807, 2.05) is 6.07 Å². The number of sulfone groups is 1. The fourth-order valence-electron chi connectivity index (χ4n) is 2.90. The lowest BCUT2D eigenvalue weighted by atomic mass is 10.3. The molecular weight excluding hydrogens is 420 g/mol. The van der Waals surface area contributed by atoms with Crippen molar-refractivity contribution in [2.75, 3.05) is 49.1 Å². The first-order valence-electron chi connectivity index (χ1n) is 8.62. The van der Waals surface area contributed by atoms with E-state index in [0.717, 1.165) is 38.9 Å². The standard InChI is InChI=1S/C16H20N6O3S3/c1-28(23,24)9-18-7-10-6-11-13(26-10)15(22-2-4-25-5-3-22)21-14(20-11)12-8-19-16(17)27-12/h6,8,18H,2-5,7,9H2,1H3,(H2,17,19). The molecule has 9 nitrogen and oxygen atoms in total. The van der Waals surface area contributed by atoms with Gasteiger partial charge in [0.2, 0.25) is 0 Å². The van der Waals surface area contributed by atoms with Crippen LogP contribution in [0.5, 0.6) is 0 Å². The van der Waals surface area contributed by atoms with Crippen molar-refractivity contribution in [2.24, 2.45) is 0 Å². The molecule has 3 aromatic rings. The van der Waals surface area contributed by atoms with Crippen molar-refractivity contribution < 1.29 is 13.2 Å². The van der Waals surface area contributed by atoms with Crippen LogP contribution >= 0.6 is 22.7 Å². The third kappa shape index (κ3) is 4.41. The maximum Gasteiger partial charge on any atom is 0.180 e. The molecule has 0 unspecified atom stereocenters. The van der Waals surface area contributed by atoms with E-state index >= 15 is 0 Å². The molecule has 0 radical (unpaired) electrons. The van der Waals surface area contributed by atoms with Crippen molar-refractivity contribution >= 4 is 53.7 Å². The second kappa shape index (κ2) is 7.87. The number of aromatic nitrogens is 3. The van der Waals surface area contributed by atoms with Gasteiger partial charge >= 0.3 is 0 Å². The molecule has 1 aliphatic rings. The molecule has 28 heavy (non-hydrogen) atoms. The third-order valence-corrected chi connectivity index (χ3v) is 6.79. The van der Waals surface area contributed by atoms with Gasteiger partial charge in [0.15, 0.2) is 26.6 Å². The number of thiophene rings is 1. The van der Waals surface area contributed by atoms with Gasteiger partial charge in [0, 0.05) is 30.8 Å². The van der Waals surface area contributed by atoms with Gasteiger partial charge in [-0.15, -0.1) is 11.3 Å². The zero-order valence-corrected chi connectivity index (χ0v) is 17.7.